The second-order valence-corrected chi connectivity index (χ2v) is 6.02. The van der Waals surface area contributed by atoms with Crippen molar-refractivity contribution in [3.05, 3.63) is 71.6 Å². The molecule has 0 spiro atoms. The van der Waals surface area contributed by atoms with Gasteiger partial charge in [-0.25, -0.2) is 0 Å². The zero-order valence-corrected chi connectivity index (χ0v) is 15.7. The Kier molecular flexibility index (Phi) is 6.18. The summed E-state index contributed by atoms with van der Waals surface area (Å²) in [4.78, 5) is 24.2. The Bertz CT molecular complexity index is 972. The van der Waals surface area contributed by atoms with Crippen molar-refractivity contribution in [2.24, 2.45) is 0 Å². The number of halogens is 1. The molecule has 0 saturated carbocycles. The molecular weight excluding hydrogens is 384 g/mol. The Morgan fingerprint density at radius 1 is 1.04 bits per heavy atom. The fourth-order valence-electron chi connectivity index (χ4n) is 2.37. The van der Waals surface area contributed by atoms with Gasteiger partial charge in [0.1, 0.15) is 11.5 Å². The lowest BCUT2D eigenvalue weighted by atomic mass is 10.2. The molecule has 1 heterocycles. The Labute approximate surface area is 166 Å². The Morgan fingerprint density at radius 3 is 2.57 bits per heavy atom. The van der Waals surface area contributed by atoms with Crippen LogP contribution in [-0.2, 0) is 4.79 Å². The van der Waals surface area contributed by atoms with Crippen molar-refractivity contribution in [2.45, 2.75) is 0 Å². The van der Waals surface area contributed by atoms with E-state index >= 15 is 0 Å². The molecule has 0 bridgehead atoms. The summed E-state index contributed by atoms with van der Waals surface area (Å²) in [6.45, 7) is -0.205. The maximum atomic E-state index is 12.1. The summed E-state index contributed by atoms with van der Waals surface area (Å²) < 4.78 is 15.7. The summed E-state index contributed by atoms with van der Waals surface area (Å²) in [7, 11) is 1.46. The number of rotatable bonds is 7. The number of hydrogen-bond donors (Lipinski definition) is 2. The van der Waals surface area contributed by atoms with Crippen LogP contribution in [0.2, 0.25) is 5.02 Å². The molecule has 7 nitrogen and oxygen atoms in total. The van der Waals surface area contributed by atoms with Gasteiger partial charge in [-0.2, -0.15) is 0 Å². The second-order valence-electron chi connectivity index (χ2n) is 5.61. The molecule has 3 rings (SSSR count). The molecule has 28 heavy (non-hydrogen) atoms. The number of amides is 2. The maximum Gasteiger partial charge on any atom is 0.291 e. The second kappa shape index (κ2) is 8.96. The lowest BCUT2D eigenvalue weighted by Gasteiger charge is -2.12. The maximum absolute atomic E-state index is 12.1. The van der Waals surface area contributed by atoms with Crippen molar-refractivity contribution >= 4 is 34.8 Å². The van der Waals surface area contributed by atoms with Gasteiger partial charge in [0.2, 0.25) is 0 Å². The van der Waals surface area contributed by atoms with Gasteiger partial charge in [-0.3, -0.25) is 9.59 Å². The standard InChI is InChI=1S/C20H17ClN2O5/c1-26-18-11-13(8-9-15(18)23-20(25)17-7-4-10-27-17)22-19(24)12-28-16-6-3-2-5-14(16)21/h2-11H,12H2,1H3,(H,22,24)(H,23,25). The van der Waals surface area contributed by atoms with E-state index in [9.17, 15) is 9.59 Å². The van der Waals surface area contributed by atoms with E-state index < -0.39 is 5.91 Å². The number of hydrogen-bond acceptors (Lipinski definition) is 5. The lowest BCUT2D eigenvalue weighted by molar-refractivity contribution is -0.118. The molecule has 0 aliphatic carbocycles. The zero-order chi connectivity index (χ0) is 19.9. The molecule has 1 aromatic heterocycles. The Morgan fingerprint density at radius 2 is 1.86 bits per heavy atom. The van der Waals surface area contributed by atoms with E-state index in [-0.39, 0.29) is 18.3 Å². The number of methoxy groups -OCH3 is 1. The number of ether oxygens (including phenoxy) is 2. The summed E-state index contributed by atoms with van der Waals surface area (Å²) in [5.41, 5.74) is 0.926. The van der Waals surface area contributed by atoms with Crippen LogP contribution < -0.4 is 20.1 Å². The highest BCUT2D eigenvalue weighted by molar-refractivity contribution is 6.32. The number of furan rings is 1. The smallest absolute Gasteiger partial charge is 0.291 e. The number of carbonyl (C=O) groups excluding carboxylic acids is 2. The zero-order valence-electron chi connectivity index (χ0n) is 14.9. The van der Waals surface area contributed by atoms with Crippen molar-refractivity contribution in [1.29, 1.82) is 0 Å². The fraction of sp³-hybridized carbons (Fsp3) is 0.100. The predicted octanol–water partition coefficient (Wildman–Crippen LogP) is 4.21. The molecular formula is C20H17ClN2O5. The summed E-state index contributed by atoms with van der Waals surface area (Å²) in [5, 5.41) is 5.81. The molecule has 0 aliphatic rings. The number of para-hydroxylation sites is 1. The van der Waals surface area contributed by atoms with Crippen LogP contribution in [0.1, 0.15) is 10.6 Å². The topological polar surface area (TPSA) is 89.8 Å². The Hall–Kier alpha value is -3.45. The van der Waals surface area contributed by atoms with Crippen LogP contribution in [0.4, 0.5) is 11.4 Å². The number of nitrogens with one attached hydrogen (secondary N) is 2. The highest BCUT2D eigenvalue weighted by atomic mass is 35.5. The number of benzene rings is 2. The van der Waals surface area contributed by atoms with Crippen LogP contribution in [0.3, 0.4) is 0 Å². The summed E-state index contributed by atoms with van der Waals surface area (Å²) >= 11 is 5.99. The van der Waals surface area contributed by atoms with Gasteiger partial charge in [0, 0.05) is 11.8 Å². The molecule has 0 atom stereocenters. The first-order valence-corrected chi connectivity index (χ1v) is 8.64. The van der Waals surface area contributed by atoms with Crippen LogP contribution in [0, 0.1) is 0 Å². The summed E-state index contributed by atoms with van der Waals surface area (Å²) in [5.74, 6) is 0.205. The van der Waals surface area contributed by atoms with E-state index in [1.165, 1.54) is 13.4 Å². The minimum absolute atomic E-state index is 0.177. The van der Waals surface area contributed by atoms with Gasteiger partial charge < -0.3 is 24.5 Å². The first-order valence-electron chi connectivity index (χ1n) is 8.27. The molecule has 0 unspecified atom stereocenters. The summed E-state index contributed by atoms with van der Waals surface area (Å²) in [6.07, 6.45) is 1.41. The largest absolute Gasteiger partial charge is 0.494 e. The highest BCUT2D eigenvalue weighted by Gasteiger charge is 2.13. The van der Waals surface area contributed by atoms with Gasteiger partial charge in [-0.15, -0.1) is 0 Å². The van der Waals surface area contributed by atoms with E-state index in [1.807, 2.05) is 0 Å². The average Bonchev–Trinajstić information content (AvgIpc) is 3.23. The molecule has 3 aromatic rings. The van der Waals surface area contributed by atoms with E-state index in [0.29, 0.717) is 27.9 Å². The SMILES string of the molecule is COc1cc(NC(=O)COc2ccccc2Cl)ccc1NC(=O)c1ccco1. The molecule has 2 N–H and O–H groups in total. The third-order valence-corrected chi connectivity index (χ3v) is 3.99. The van der Waals surface area contributed by atoms with Crippen molar-refractivity contribution in [1.82, 2.24) is 0 Å². The molecule has 2 amide bonds. The number of anilines is 2. The minimum atomic E-state index is -0.409. The van der Waals surface area contributed by atoms with E-state index in [2.05, 4.69) is 10.6 Å². The van der Waals surface area contributed by atoms with Gasteiger partial charge in [0.15, 0.2) is 12.4 Å². The third-order valence-electron chi connectivity index (χ3n) is 3.67. The molecule has 144 valence electrons. The van der Waals surface area contributed by atoms with Crippen molar-refractivity contribution in [3.8, 4) is 11.5 Å². The van der Waals surface area contributed by atoms with E-state index in [0.717, 1.165) is 0 Å². The first-order chi connectivity index (χ1) is 13.6. The van der Waals surface area contributed by atoms with E-state index in [4.69, 9.17) is 25.5 Å². The van der Waals surface area contributed by atoms with E-state index in [1.54, 1.807) is 54.6 Å². The molecule has 8 heteroatoms. The van der Waals surface area contributed by atoms with Gasteiger partial charge in [-0.05, 0) is 36.4 Å². The average molecular weight is 401 g/mol. The van der Waals surface area contributed by atoms with Crippen LogP contribution >= 0.6 is 11.6 Å². The Balaban J connectivity index is 1.62. The van der Waals surface area contributed by atoms with Crippen molar-refractivity contribution in [2.75, 3.05) is 24.4 Å². The van der Waals surface area contributed by atoms with Crippen LogP contribution in [-0.4, -0.2) is 25.5 Å². The van der Waals surface area contributed by atoms with Gasteiger partial charge in [-0.1, -0.05) is 23.7 Å². The normalized spacial score (nSPS) is 10.2. The van der Waals surface area contributed by atoms with Gasteiger partial charge >= 0.3 is 0 Å². The molecule has 0 aliphatic heterocycles. The first kappa shape index (κ1) is 19.3. The lowest BCUT2D eigenvalue weighted by Crippen LogP contribution is -2.20. The summed E-state index contributed by atoms with van der Waals surface area (Å²) in [6, 6.07) is 14.9. The molecule has 2 aromatic carbocycles. The quantitative estimate of drug-likeness (QED) is 0.620. The van der Waals surface area contributed by atoms with Crippen molar-refractivity contribution < 1.29 is 23.5 Å². The fourth-order valence-corrected chi connectivity index (χ4v) is 2.56. The predicted molar refractivity (Wildman–Crippen MR) is 105 cm³/mol. The highest BCUT2D eigenvalue weighted by Crippen LogP contribution is 2.28. The molecule has 0 saturated heterocycles. The van der Waals surface area contributed by atoms with Crippen LogP contribution in [0.25, 0.3) is 0 Å². The number of carbonyl (C=O) groups is 2. The van der Waals surface area contributed by atoms with Crippen LogP contribution in [0.15, 0.2) is 65.3 Å². The van der Waals surface area contributed by atoms with Crippen LogP contribution in [0.5, 0.6) is 11.5 Å². The molecule has 0 radical (unpaired) electrons. The minimum Gasteiger partial charge on any atom is -0.494 e. The molecule has 0 fully saturated rings. The third kappa shape index (κ3) is 4.83. The van der Waals surface area contributed by atoms with Gasteiger partial charge in [0.25, 0.3) is 11.8 Å². The van der Waals surface area contributed by atoms with Crippen molar-refractivity contribution in [3.63, 3.8) is 0 Å². The monoisotopic (exact) mass is 400 g/mol. The van der Waals surface area contributed by atoms with Gasteiger partial charge in [0.05, 0.1) is 24.1 Å².